The maximum atomic E-state index is 11.2. The Kier molecular flexibility index (Phi) is 8.58. The first-order chi connectivity index (χ1) is 15.6. The first kappa shape index (κ1) is 25.7. The molecule has 1 aromatic carbocycles. The van der Waals surface area contributed by atoms with Gasteiger partial charge in [0.05, 0.1) is 18.4 Å². The summed E-state index contributed by atoms with van der Waals surface area (Å²) in [4.78, 5) is 12.7. The van der Waals surface area contributed by atoms with Crippen LogP contribution < -0.4 is 0 Å². The fraction of sp³-hybridized carbons (Fsp3) is 0.680. The number of piperidine rings is 1. The van der Waals surface area contributed by atoms with Gasteiger partial charge in [0.25, 0.3) is 0 Å². The molecule has 1 atom stereocenters. The second-order valence-electron chi connectivity index (χ2n) is 10.5. The quantitative estimate of drug-likeness (QED) is 0.462. The predicted molar refractivity (Wildman–Crippen MR) is 132 cm³/mol. The number of aryl methyl sites for hydroxylation is 1. The molecule has 0 bridgehead atoms. The van der Waals surface area contributed by atoms with Crippen LogP contribution in [0.4, 0.5) is 4.79 Å². The fourth-order valence-electron chi connectivity index (χ4n) is 4.65. The van der Waals surface area contributed by atoms with Crippen molar-refractivity contribution >= 4 is 26.1 Å². The van der Waals surface area contributed by atoms with E-state index in [-0.39, 0.29) is 11.5 Å². The number of benzene rings is 1. The molecule has 2 aromatic rings. The molecule has 1 aromatic heterocycles. The molecular weight excluding hydrogens is 436 g/mol. The maximum absolute atomic E-state index is 11.2. The van der Waals surface area contributed by atoms with Gasteiger partial charge in [0.1, 0.15) is 0 Å². The third kappa shape index (κ3) is 6.37. The highest BCUT2D eigenvalue weighted by Gasteiger charge is 2.33. The molecule has 1 saturated heterocycles. The van der Waals surface area contributed by atoms with Gasteiger partial charge in [-0.2, -0.15) is 0 Å². The minimum absolute atomic E-state index is 0.0931. The SMILES string of the molecule is CCOCc1ccc2c(CCC3CCN(C(=O)O)CC3)noc2c1C(O[SiH](C)C)C(C)(C)C. The lowest BCUT2D eigenvalue weighted by Gasteiger charge is -2.34. The van der Waals surface area contributed by atoms with Crippen LogP contribution in [0.5, 0.6) is 0 Å². The van der Waals surface area contributed by atoms with Crippen LogP contribution in [-0.4, -0.2) is 50.0 Å². The number of carboxylic acid groups (broad SMARTS) is 1. The second kappa shape index (κ2) is 11.0. The van der Waals surface area contributed by atoms with E-state index >= 15 is 0 Å². The average molecular weight is 477 g/mol. The van der Waals surface area contributed by atoms with Crippen LogP contribution in [-0.2, 0) is 22.2 Å². The van der Waals surface area contributed by atoms with E-state index in [0.29, 0.717) is 32.2 Å². The molecule has 8 heteroatoms. The van der Waals surface area contributed by atoms with Crippen molar-refractivity contribution in [1.82, 2.24) is 10.1 Å². The Hall–Kier alpha value is -1.90. The summed E-state index contributed by atoms with van der Waals surface area (Å²) in [5.41, 5.74) is 3.87. The van der Waals surface area contributed by atoms with E-state index in [0.717, 1.165) is 53.5 Å². The molecule has 0 spiro atoms. The van der Waals surface area contributed by atoms with Crippen molar-refractivity contribution in [2.24, 2.45) is 11.3 Å². The first-order valence-corrected chi connectivity index (χ1v) is 15.0. The number of rotatable bonds is 9. The first-order valence-electron chi connectivity index (χ1n) is 12.2. The van der Waals surface area contributed by atoms with Crippen molar-refractivity contribution < 1.29 is 23.6 Å². The van der Waals surface area contributed by atoms with Gasteiger partial charge < -0.3 is 23.7 Å². The van der Waals surface area contributed by atoms with Crippen molar-refractivity contribution in [2.75, 3.05) is 19.7 Å². The summed E-state index contributed by atoms with van der Waals surface area (Å²) in [6, 6.07) is 4.25. The molecule has 0 saturated carbocycles. The minimum Gasteiger partial charge on any atom is -0.465 e. The highest BCUT2D eigenvalue weighted by molar-refractivity contribution is 6.48. The number of ether oxygens (including phenoxy) is 1. The summed E-state index contributed by atoms with van der Waals surface area (Å²) in [7, 11) is -1.31. The molecule has 1 amide bonds. The molecule has 7 nitrogen and oxygen atoms in total. The Balaban J connectivity index is 1.88. The molecule has 1 aliphatic rings. The number of fused-ring (bicyclic) bond motifs is 1. The summed E-state index contributed by atoms with van der Waals surface area (Å²) in [6.45, 7) is 15.4. The van der Waals surface area contributed by atoms with E-state index in [1.165, 1.54) is 4.90 Å². The lowest BCUT2D eigenvalue weighted by atomic mass is 9.82. The maximum Gasteiger partial charge on any atom is 0.407 e. The third-order valence-corrected chi connectivity index (χ3v) is 7.25. The summed E-state index contributed by atoms with van der Waals surface area (Å²) in [6.07, 6.45) is 2.73. The summed E-state index contributed by atoms with van der Waals surface area (Å²) in [5, 5.41) is 14.7. The van der Waals surface area contributed by atoms with Gasteiger partial charge in [0.2, 0.25) is 0 Å². The van der Waals surface area contributed by atoms with Gasteiger partial charge in [-0.25, -0.2) is 4.79 Å². The van der Waals surface area contributed by atoms with Crippen LogP contribution in [0.3, 0.4) is 0 Å². The van der Waals surface area contributed by atoms with Crippen LogP contribution >= 0.6 is 0 Å². The topological polar surface area (TPSA) is 85.0 Å². The van der Waals surface area contributed by atoms with Crippen molar-refractivity contribution in [3.05, 3.63) is 29.0 Å². The molecule has 1 N–H and O–H groups in total. The smallest absolute Gasteiger partial charge is 0.407 e. The number of amides is 1. The number of aromatic nitrogens is 1. The summed E-state index contributed by atoms with van der Waals surface area (Å²) >= 11 is 0. The lowest BCUT2D eigenvalue weighted by molar-refractivity contribution is 0.0810. The highest BCUT2D eigenvalue weighted by Crippen LogP contribution is 2.42. The molecule has 1 fully saturated rings. The van der Waals surface area contributed by atoms with Crippen LogP contribution in [0.15, 0.2) is 16.7 Å². The van der Waals surface area contributed by atoms with E-state index in [1.807, 2.05) is 6.92 Å². The second-order valence-corrected chi connectivity index (χ2v) is 12.8. The molecule has 184 valence electrons. The van der Waals surface area contributed by atoms with Crippen LogP contribution in [0.1, 0.15) is 69.9 Å². The predicted octanol–water partition coefficient (Wildman–Crippen LogP) is 5.77. The Labute approximate surface area is 199 Å². The number of likely N-dealkylation sites (tertiary alicyclic amines) is 1. The zero-order valence-corrected chi connectivity index (χ0v) is 22.2. The largest absolute Gasteiger partial charge is 0.465 e. The normalized spacial score (nSPS) is 16.6. The Morgan fingerprint density at radius 3 is 2.58 bits per heavy atom. The zero-order chi connectivity index (χ0) is 24.2. The molecule has 3 rings (SSSR count). The molecular formula is C25H40N2O5Si. The molecule has 2 heterocycles. The zero-order valence-electron chi connectivity index (χ0n) is 21.0. The molecule has 1 unspecified atom stereocenters. The number of hydrogen-bond acceptors (Lipinski definition) is 5. The minimum atomic E-state index is -1.31. The van der Waals surface area contributed by atoms with E-state index in [2.05, 4.69) is 51.2 Å². The van der Waals surface area contributed by atoms with Crippen LogP contribution in [0, 0.1) is 11.3 Å². The standard InChI is InChI=1S/C25H40N2O5Si/c1-7-30-16-18-9-10-19-20(11-8-17-12-14-27(15-13-17)24(28)29)26-31-22(19)21(18)23(25(2,3)4)32-33(5)6/h9-10,17,23,33H,7-8,11-16H2,1-6H3,(H,28,29). The van der Waals surface area contributed by atoms with Crippen LogP contribution in [0.2, 0.25) is 13.1 Å². The van der Waals surface area contributed by atoms with Gasteiger partial charge in [0, 0.05) is 30.6 Å². The monoisotopic (exact) mass is 476 g/mol. The van der Waals surface area contributed by atoms with Gasteiger partial charge in [-0.1, -0.05) is 32.0 Å². The fourth-order valence-corrected chi connectivity index (χ4v) is 5.74. The average Bonchev–Trinajstić information content (AvgIpc) is 3.17. The van der Waals surface area contributed by atoms with E-state index in [4.69, 9.17) is 18.8 Å². The Bertz CT molecular complexity index is 929. The van der Waals surface area contributed by atoms with Crippen molar-refractivity contribution in [3.63, 3.8) is 0 Å². The number of hydrogen-bond donors (Lipinski definition) is 1. The Morgan fingerprint density at radius 1 is 1.30 bits per heavy atom. The van der Waals surface area contributed by atoms with Gasteiger partial charge >= 0.3 is 6.09 Å². The number of carbonyl (C=O) groups is 1. The van der Waals surface area contributed by atoms with E-state index in [9.17, 15) is 4.79 Å². The molecule has 33 heavy (non-hydrogen) atoms. The molecule has 1 aliphatic heterocycles. The van der Waals surface area contributed by atoms with Crippen LogP contribution in [0.25, 0.3) is 11.0 Å². The summed E-state index contributed by atoms with van der Waals surface area (Å²) < 4.78 is 18.3. The molecule has 0 radical (unpaired) electrons. The Morgan fingerprint density at radius 2 is 2.00 bits per heavy atom. The highest BCUT2D eigenvalue weighted by atomic mass is 28.3. The van der Waals surface area contributed by atoms with E-state index < -0.39 is 15.1 Å². The van der Waals surface area contributed by atoms with E-state index in [1.54, 1.807) is 0 Å². The van der Waals surface area contributed by atoms with Crippen molar-refractivity contribution in [1.29, 1.82) is 0 Å². The van der Waals surface area contributed by atoms with Gasteiger partial charge in [-0.3, -0.25) is 0 Å². The van der Waals surface area contributed by atoms with Gasteiger partial charge in [-0.05, 0) is 68.7 Å². The third-order valence-electron chi connectivity index (χ3n) is 6.44. The summed E-state index contributed by atoms with van der Waals surface area (Å²) in [5.74, 6) is 0.515. The van der Waals surface area contributed by atoms with Gasteiger partial charge in [0.15, 0.2) is 14.6 Å². The number of nitrogens with zero attached hydrogens (tertiary/aromatic N) is 2. The molecule has 0 aliphatic carbocycles. The lowest BCUT2D eigenvalue weighted by Crippen LogP contribution is -2.37. The van der Waals surface area contributed by atoms with Gasteiger partial charge in [-0.15, -0.1) is 0 Å². The van der Waals surface area contributed by atoms with Crippen molar-refractivity contribution in [3.8, 4) is 0 Å². The van der Waals surface area contributed by atoms with Crippen molar-refractivity contribution in [2.45, 2.75) is 79.2 Å².